The number of fused-ring (bicyclic) bond motifs is 1. The molecule has 17 heavy (non-hydrogen) atoms. The Hall–Kier alpha value is -1.51. The quantitative estimate of drug-likeness (QED) is 0.872. The largest absolute Gasteiger partial charge is 0.369 e. The fourth-order valence-electron chi connectivity index (χ4n) is 2.46. The normalized spacial score (nSPS) is 13.1. The molecule has 0 saturated heterocycles. The van der Waals surface area contributed by atoms with Gasteiger partial charge in [0.2, 0.25) is 5.95 Å². The lowest BCUT2D eigenvalue weighted by Crippen LogP contribution is -2.11. The van der Waals surface area contributed by atoms with Crippen LogP contribution in [-0.4, -0.2) is 9.55 Å². The van der Waals surface area contributed by atoms with E-state index in [0.717, 1.165) is 23.9 Å². The number of hydrogen-bond acceptors (Lipinski definition) is 2. The van der Waals surface area contributed by atoms with Gasteiger partial charge in [0.1, 0.15) is 0 Å². The number of rotatable bonds is 4. The van der Waals surface area contributed by atoms with Crippen molar-refractivity contribution in [1.82, 2.24) is 9.55 Å². The van der Waals surface area contributed by atoms with Gasteiger partial charge in [-0.1, -0.05) is 26.3 Å². The van der Waals surface area contributed by atoms with Crippen molar-refractivity contribution >= 4 is 17.0 Å². The highest BCUT2D eigenvalue weighted by Gasteiger charge is 2.15. The maximum Gasteiger partial charge on any atom is 0.201 e. The molecule has 0 bridgehead atoms. The molecule has 0 aliphatic rings. The van der Waals surface area contributed by atoms with E-state index in [1.54, 1.807) is 0 Å². The second-order valence-electron chi connectivity index (χ2n) is 4.68. The van der Waals surface area contributed by atoms with Gasteiger partial charge in [-0.25, -0.2) is 4.98 Å². The topological polar surface area (TPSA) is 43.8 Å². The molecule has 2 rings (SSSR count). The molecule has 0 aliphatic heterocycles. The highest BCUT2D eigenvalue weighted by atomic mass is 15.2. The number of hydrogen-bond donors (Lipinski definition) is 1. The minimum Gasteiger partial charge on any atom is -0.369 e. The zero-order valence-electron chi connectivity index (χ0n) is 10.9. The Bertz CT molecular complexity index is 513. The van der Waals surface area contributed by atoms with E-state index in [1.807, 2.05) is 0 Å². The van der Waals surface area contributed by atoms with E-state index in [2.05, 4.69) is 48.5 Å². The molecular formula is C14H21N3. The zero-order valence-corrected chi connectivity index (χ0v) is 10.9. The molecule has 0 fully saturated rings. The average Bonchev–Trinajstić information content (AvgIpc) is 2.61. The maximum absolute atomic E-state index is 6.06. The van der Waals surface area contributed by atoms with Crippen LogP contribution in [0.2, 0.25) is 0 Å². The van der Waals surface area contributed by atoms with Crippen molar-refractivity contribution < 1.29 is 0 Å². The van der Waals surface area contributed by atoms with E-state index in [1.165, 1.54) is 12.0 Å². The number of nitrogens with zero attached hydrogens (tertiary/aromatic N) is 2. The number of imidazole rings is 1. The Kier molecular flexibility index (Phi) is 3.36. The van der Waals surface area contributed by atoms with Gasteiger partial charge in [0.25, 0.3) is 0 Å². The standard InChI is InChI=1S/C14H21N3/c1-4-6-11(5-2)17-13-8-7-10(3)9-12(13)16-14(17)15/h7-9,11H,4-6H2,1-3H3,(H2,15,16). The molecular weight excluding hydrogens is 210 g/mol. The van der Waals surface area contributed by atoms with E-state index < -0.39 is 0 Å². The first kappa shape index (κ1) is 12.0. The first-order chi connectivity index (χ1) is 8.17. The number of aryl methyl sites for hydroxylation is 1. The van der Waals surface area contributed by atoms with Crippen molar-refractivity contribution in [3.63, 3.8) is 0 Å². The van der Waals surface area contributed by atoms with Crippen LogP contribution < -0.4 is 5.73 Å². The van der Waals surface area contributed by atoms with Crippen molar-refractivity contribution in [3.8, 4) is 0 Å². The van der Waals surface area contributed by atoms with Gasteiger partial charge in [-0.05, 0) is 37.5 Å². The number of nitrogens with two attached hydrogens (primary N) is 1. The third-order valence-corrected chi connectivity index (χ3v) is 3.33. The predicted molar refractivity (Wildman–Crippen MR) is 73.1 cm³/mol. The van der Waals surface area contributed by atoms with Gasteiger partial charge >= 0.3 is 0 Å². The highest BCUT2D eigenvalue weighted by Crippen LogP contribution is 2.28. The molecule has 3 heteroatoms. The van der Waals surface area contributed by atoms with Crippen molar-refractivity contribution in [1.29, 1.82) is 0 Å². The van der Waals surface area contributed by atoms with Gasteiger partial charge in [-0.15, -0.1) is 0 Å². The summed E-state index contributed by atoms with van der Waals surface area (Å²) in [5.41, 5.74) is 9.46. The average molecular weight is 231 g/mol. The molecule has 2 N–H and O–H groups in total. The van der Waals surface area contributed by atoms with E-state index in [9.17, 15) is 0 Å². The molecule has 1 aromatic carbocycles. The molecule has 0 saturated carbocycles. The molecule has 0 spiro atoms. The van der Waals surface area contributed by atoms with Crippen LogP contribution in [0, 0.1) is 6.92 Å². The molecule has 0 aliphatic carbocycles. The number of nitrogen functional groups attached to an aromatic ring is 1. The van der Waals surface area contributed by atoms with Gasteiger partial charge in [-0.3, -0.25) is 0 Å². The summed E-state index contributed by atoms with van der Waals surface area (Å²) in [6.07, 6.45) is 3.42. The van der Waals surface area contributed by atoms with Crippen LogP contribution in [0.4, 0.5) is 5.95 Å². The van der Waals surface area contributed by atoms with Crippen LogP contribution in [0.25, 0.3) is 11.0 Å². The van der Waals surface area contributed by atoms with Gasteiger partial charge in [0.15, 0.2) is 0 Å². The summed E-state index contributed by atoms with van der Waals surface area (Å²) in [6, 6.07) is 6.82. The molecule has 1 heterocycles. The highest BCUT2D eigenvalue weighted by molar-refractivity contribution is 5.79. The molecule has 1 unspecified atom stereocenters. The first-order valence-electron chi connectivity index (χ1n) is 6.41. The summed E-state index contributed by atoms with van der Waals surface area (Å²) >= 11 is 0. The van der Waals surface area contributed by atoms with Gasteiger partial charge < -0.3 is 10.3 Å². The van der Waals surface area contributed by atoms with E-state index in [0.29, 0.717) is 12.0 Å². The lowest BCUT2D eigenvalue weighted by atomic mass is 10.1. The lowest BCUT2D eigenvalue weighted by Gasteiger charge is -2.18. The molecule has 92 valence electrons. The number of benzene rings is 1. The minimum absolute atomic E-state index is 0.465. The molecule has 0 amide bonds. The van der Waals surface area contributed by atoms with E-state index in [-0.39, 0.29) is 0 Å². The van der Waals surface area contributed by atoms with Crippen molar-refractivity contribution in [2.24, 2.45) is 0 Å². The predicted octanol–water partition coefficient (Wildman–Crippen LogP) is 3.68. The van der Waals surface area contributed by atoms with Crippen LogP contribution in [0.1, 0.15) is 44.7 Å². The van der Waals surface area contributed by atoms with Crippen LogP contribution in [0.3, 0.4) is 0 Å². The summed E-state index contributed by atoms with van der Waals surface area (Å²) in [5, 5.41) is 0. The van der Waals surface area contributed by atoms with Gasteiger partial charge in [0, 0.05) is 6.04 Å². The fourth-order valence-corrected chi connectivity index (χ4v) is 2.46. The van der Waals surface area contributed by atoms with Crippen molar-refractivity contribution in [2.45, 2.75) is 46.1 Å². The van der Waals surface area contributed by atoms with Crippen molar-refractivity contribution in [2.75, 3.05) is 5.73 Å². The first-order valence-corrected chi connectivity index (χ1v) is 6.41. The molecule has 1 aromatic heterocycles. The molecule has 3 nitrogen and oxygen atoms in total. The third-order valence-electron chi connectivity index (χ3n) is 3.33. The van der Waals surface area contributed by atoms with Crippen molar-refractivity contribution in [3.05, 3.63) is 23.8 Å². The maximum atomic E-state index is 6.06. The smallest absolute Gasteiger partial charge is 0.201 e. The second-order valence-corrected chi connectivity index (χ2v) is 4.68. The Balaban J connectivity index is 2.55. The minimum atomic E-state index is 0.465. The van der Waals surface area contributed by atoms with Gasteiger partial charge in [0.05, 0.1) is 11.0 Å². The molecule has 2 aromatic rings. The SMILES string of the molecule is CCCC(CC)n1c(N)nc2cc(C)ccc21. The monoisotopic (exact) mass is 231 g/mol. The fraction of sp³-hybridized carbons (Fsp3) is 0.500. The Morgan fingerprint density at radius 3 is 2.76 bits per heavy atom. The zero-order chi connectivity index (χ0) is 12.4. The molecule has 0 radical (unpaired) electrons. The van der Waals surface area contributed by atoms with Crippen LogP contribution in [-0.2, 0) is 0 Å². The van der Waals surface area contributed by atoms with E-state index >= 15 is 0 Å². The number of anilines is 1. The van der Waals surface area contributed by atoms with E-state index in [4.69, 9.17) is 5.73 Å². The summed E-state index contributed by atoms with van der Waals surface area (Å²) in [6.45, 7) is 6.50. The van der Waals surface area contributed by atoms with Gasteiger partial charge in [-0.2, -0.15) is 0 Å². The van der Waals surface area contributed by atoms with Crippen LogP contribution in [0.5, 0.6) is 0 Å². The lowest BCUT2D eigenvalue weighted by molar-refractivity contribution is 0.463. The van der Waals surface area contributed by atoms with Crippen LogP contribution in [0.15, 0.2) is 18.2 Å². The summed E-state index contributed by atoms with van der Waals surface area (Å²) in [4.78, 5) is 4.47. The summed E-state index contributed by atoms with van der Waals surface area (Å²) < 4.78 is 2.19. The summed E-state index contributed by atoms with van der Waals surface area (Å²) in [5.74, 6) is 0.644. The Labute approximate surface area is 103 Å². The number of aromatic nitrogens is 2. The molecule has 1 atom stereocenters. The summed E-state index contributed by atoms with van der Waals surface area (Å²) in [7, 11) is 0. The second kappa shape index (κ2) is 4.78. The Morgan fingerprint density at radius 1 is 1.35 bits per heavy atom. The Morgan fingerprint density at radius 2 is 2.12 bits per heavy atom. The third kappa shape index (κ3) is 2.14. The van der Waals surface area contributed by atoms with Crippen LogP contribution >= 0.6 is 0 Å².